The molecule has 1 fully saturated rings. The van der Waals surface area contributed by atoms with Gasteiger partial charge in [0.25, 0.3) is 0 Å². The number of aromatic nitrogens is 2. The molecular formula is C36H37Cl2N3O4. The molecule has 0 saturated carbocycles. The molecule has 1 unspecified atom stereocenters. The fraction of sp³-hybridized carbons (Fsp3) is 0.361. The molecule has 0 bridgehead atoms. The predicted molar refractivity (Wildman–Crippen MR) is 176 cm³/mol. The van der Waals surface area contributed by atoms with Crippen LogP contribution in [0, 0.1) is 5.92 Å². The molecule has 3 aliphatic rings. The van der Waals surface area contributed by atoms with Crippen LogP contribution in [0.5, 0.6) is 11.5 Å². The number of pyridine rings is 2. The topological polar surface area (TPSA) is 84.8 Å². The Hall–Kier alpha value is -3.49. The van der Waals surface area contributed by atoms with Crippen LogP contribution < -0.4 is 9.47 Å². The van der Waals surface area contributed by atoms with E-state index in [2.05, 4.69) is 16.9 Å². The zero-order chi connectivity index (χ0) is 31.7. The molecule has 234 valence electrons. The third-order valence-corrected chi connectivity index (χ3v) is 9.83. The van der Waals surface area contributed by atoms with E-state index in [-0.39, 0.29) is 11.7 Å². The van der Waals surface area contributed by atoms with Crippen molar-refractivity contribution in [2.45, 2.75) is 44.1 Å². The summed E-state index contributed by atoms with van der Waals surface area (Å²) in [5.41, 5.74) is 5.98. The normalized spacial score (nSPS) is 19.5. The molecule has 2 aliphatic carbocycles. The molecular weight excluding hydrogens is 609 g/mol. The number of likely N-dealkylation sites (tertiary alicyclic amines) is 1. The molecule has 2 aromatic carbocycles. The lowest BCUT2D eigenvalue weighted by molar-refractivity contribution is -0.0148. The summed E-state index contributed by atoms with van der Waals surface area (Å²) in [5, 5.41) is 13.5. The largest absolute Gasteiger partial charge is 0.495 e. The Bertz CT molecular complexity index is 1740. The number of rotatable bonds is 3. The van der Waals surface area contributed by atoms with Crippen LogP contribution in [0.4, 0.5) is 0 Å². The highest BCUT2D eigenvalue weighted by Crippen LogP contribution is 2.46. The number of aliphatic hydroxyl groups is 1. The number of piperidine rings is 1. The van der Waals surface area contributed by atoms with E-state index in [0.717, 1.165) is 90.9 Å². The summed E-state index contributed by atoms with van der Waals surface area (Å²) in [7, 11) is 5.38. The molecule has 0 radical (unpaired) electrons. The van der Waals surface area contributed by atoms with Crippen LogP contribution in [-0.2, 0) is 31.3 Å². The zero-order valence-corrected chi connectivity index (χ0v) is 27.3. The van der Waals surface area contributed by atoms with Gasteiger partial charge in [0.15, 0.2) is 0 Å². The van der Waals surface area contributed by atoms with Crippen molar-refractivity contribution < 1.29 is 19.4 Å². The van der Waals surface area contributed by atoms with Gasteiger partial charge in [-0.3, -0.25) is 9.78 Å². The van der Waals surface area contributed by atoms with Crippen LogP contribution in [0.1, 0.15) is 62.4 Å². The minimum absolute atomic E-state index is 0.0400. The second kappa shape index (κ2) is 13.1. The summed E-state index contributed by atoms with van der Waals surface area (Å²) in [4.78, 5) is 23.8. The van der Waals surface area contributed by atoms with Crippen LogP contribution in [0.25, 0.3) is 0 Å². The number of methoxy groups -OCH3 is 2. The summed E-state index contributed by atoms with van der Waals surface area (Å²) in [6, 6.07) is 15.2. The number of hydrogen-bond donors (Lipinski definition) is 1. The fourth-order valence-corrected chi connectivity index (χ4v) is 7.28. The number of hydrogen-bond acceptors (Lipinski definition) is 7. The molecule has 1 saturated heterocycles. The van der Waals surface area contributed by atoms with Gasteiger partial charge >= 0.3 is 0 Å². The number of aryl methyl sites for hydroxylation is 4. The van der Waals surface area contributed by atoms with Crippen molar-refractivity contribution in [3.8, 4) is 11.5 Å². The first-order valence-electron chi connectivity index (χ1n) is 15.3. The molecule has 7 nitrogen and oxygen atoms in total. The Kier molecular flexibility index (Phi) is 9.16. The molecule has 1 aliphatic heterocycles. The van der Waals surface area contributed by atoms with Crippen molar-refractivity contribution in [3.05, 3.63) is 116 Å². The Labute approximate surface area is 274 Å². The number of nitrogens with zero attached hydrogens (tertiary/aromatic N) is 3. The number of carbonyl (C=O) groups is 1. The molecule has 2 aromatic heterocycles. The highest BCUT2D eigenvalue weighted by molar-refractivity contribution is 6.31. The highest BCUT2D eigenvalue weighted by atomic mass is 35.5. The van der Waals surface area contributed by atoms with Gasteiger partial charge in [-0.1, -0.05) is 29.3 Å². The van der Waals surface area contributed by atoms with Gasteiger partial charge in [0.05, 0.1) is 32.3 Å². The van der Waals surface area contributed by atoms with Crippen LogP contribution >= 0.6 is 23.2 Å². The van der Waals surface area contributed by atoms with Gasteiger partial charge in [-0.05, 0) is 129 Å². The second-order valence-corrected chi connectivity index (χ2v) is 12.9. The van der Waals surface area contributed by atoms with Gasteiger partial charge in [0, 0.05) is 21.5 Å². The zero-order valence-electron chi connectivity index (χ0n) is 25.8. The summed E-state index contributed by atoms with van der Waals surface area (Å²) >= 11 is 12.3. The van der Waals surface area contributed by atoms with Gasteiger partial charge < -0.3 is 19.5 Å². The average Bonchev–Trinajstić information content (AvgIpc) is 3.27. The minimum Gasteiger partial charge on any atom is -0.495 e. The maximum absolute atomic E-state index is 12.5. The van der Waals surface area contributed by atoms with E-state index in [1.807, 2.05) is 36.4 Å². The van der Waals surface area contributed by atoms with Crippen LogP contribution in [0.2, 0.25) is 10.0 Å². The Balaban J connectivity index is 0.000000167. The molecule has 0 amide bonds. The Morgan fingerprint density at radius 1 is 0.800 bits per heavy atom. The lowest BCUT2D eigenvalue weighted by atomic mass is 9.72. The molecule has 7 rings (SSSR count). The summed E-state index contributed by atoms with van der Waals surface area (Å²) < 4.78 is 10.5. The van der Waals surface area contributed by atoms with E-state index in [1.54, 1.807) is 38.7 Å². The minimum atomic E-state index is -1.08. The molecule has 45 heavy (non-hydrogen) atoms. The fourth-order valence-electron chi connectivity index (χ4n) is 6.89. The van der Waals surface area contributed by atoms with E-state index >= 15 is 0 Å². The predicted octanol–water partition coefficient (Wildman–Crippen LogP) is 6.49. The maximum Gasteiger partial charge on any atom is 0.211 e. The van der Waals surface area contributed by atoms with Gasteiger partial charge in [-0.25, -0.2) is 4.98 Å². The van der Waals surface area contributed by atoms with E-state index in [1.165, 1.54) is 0 Å². The first kappa shape index (κ1) is 31.5. The van der Waals surface area contributed by atoms with Crippen LogP contribution in [-0.4, -0.2) is 60.1 Å². The Morgan fingerprint density at radius 3 is 2.09 bits per heavy atom. The lowest BCUT2D eigenvalue weighted by Gasteiger charge is -2.41. The highest BCUT2D eigenvalue weighted by Gasteiger charge is 2.46. The standard InChI is InChI=1S/C21H25ClN2O2.C15H12ClNO2/c1-24-9-7-16(8-10-24)21(25)19-6-5-17(22)11-14(19)3-4-15-12-18(26-2)13-23-20(15)21;1-19-12-7-10-3-2-9-6-11(16)4-5-13(9)15(18)14(10)17-8-12/h5-6,11-13,16,25H,3-4,7-10H2,1-2H3;4-8H,2-3H2,1H3. The van der Waals surface area contributed by atoms with Gasteiger partial charge in [-0.15, -0.1) is 0 Å². The summed E-state index contributed by atoms with van der Waals surface area (Å²) in [5.74, 6) is 1.51. The van der Waals surface area contributed by atoms with Gasteiger partial charge in [-0.2, -0.15) is 0 Å². The van der Waals surface area contributed by atoms with Crippen molar-refractivity contribution in [3.63, 3.8) is 0 Å². The third kappa shape index (κ3) is 6.19. The van der Waals surface area contributed by atoms with Crippen molar-refractivity contribution in [1.82, 2.24) is 14.9 Å². The number of carbonyl (C=O) groups excluding carboxylic acids is 1. The number of halogens is 2. The second-order valence-electron chi connectivity index (χ2n) is 12.0. The van der Waals surface area contributed by atoms with Crippen molar-refractivity contribution >= 4 is 29.0 Å². The van der Waals surface area contributed by atoms with Gasteiger partial charge in [0.2, 0.25) is 5.78 Å². The van der Waals surface area contributed by atoms with E-state index in [4.69, 9.17) is 37.7 Å². The number of fused-ring (bicyclic) bond motifs is 4. The van der Waals surface area contributed by atoms with E-state index < -0.39 is 5.60 Å². The van der Waals surface area contributed by atoms with Crippen molar-refractivity contribution in [2.24, 2.45) is 5.92 Å². The van der Waals surface area contributed by atoms with Crippen LogP contribution in [0.3, 0.4) is 0 Å². The molecule has 0 spiro atoms. The van der Waals surface area contributed by atoms with Crippen molar-refractivity contribution in [2.75, 3.05) is 34.4 Å². The first-order chi connectivity index (χ1) is 21.7. The molecule has 4 aromatic rings. The summed E-state index contributed by atoms with van der Waals surface area (Å²) in [6.07, 6.45) is 8.40. The van der Waals surface area contributed by atoms with E-state index in [0.29, 0.717) is 27.1 Å². The van der Waals surface area contributed by atoms with Gasteiger partial charge in [0.1, 0.15) is 22.8 Å². The van der Waals surface area contributed by atoms with Crippen molar-refractivity contribution in [1.29, 1.82) is 0 Å². The third-order valence-electron chi connectivity index (χ3n) is 9.36. The van der Waals surface area contributed by atoms with E-state index in [9.17, 15) is 9.90 Å². The molecule has 3 heterocycles. The SMILES string of the molecule is COc1cnc2c(c1)CCc1cc(Cl)ccc1C2(O)C1CCN(C)CC1.COc1cnc2c(c1)CCc1cc(Cl)ccc1C2=O. The first-order valence-corrected chi connectivity index (χ1v) is 16.1. The maximum atomic E-state index is 12.5. The quantitative estimate of drug-likeness (QED) is 0.272. The molecule has 1 atom stereocenters. The van der Waals surface area contributed by atoms with Crippen LogP contribution in [0.15, 0.2) is 60.9 Å². The number of ether oxygens (including phenoxy) is 2. The number of benzene rings is 2. The lowest BCUT2D eigenvalue weighted by Crippen LogP contribution is -2.44. The molecule has 9 heteroatoms. The summed E-state index contributed by atoms with van der Waals surface area (Å²) in [6.45, 7) is 1.97. The smallest absolute Gasteiger partial charge is 0.211 e. The molecule has 1 N–H and O–H groups in total. The average molecular weight is 647 g/mol. The Morgan fingerprint density at radius 2 is 1.38 bits per heavy atom. The monoisotopic (exact) mass is 645 g/mol. The number of ketones is 1.